The van der Waals surface area contributed by atoms with Crippen LogP contribution >= 0.6 is 0 Å². The van der Waals surface area contributed by atoms with Crippen molar-refractivity contribution in [2.24, 2.45) is 0 Å². The lowest BCUT2D eigenvalue weighted by Gasteiger charge is -2.36. The van der Waals surface area contributed by atoms with Gasteiger partial charge in [-0.05, 0) is 31.2 Å². The lowest BCUT2D eigenvalue weighted by molar-refractivity contribution is -0.117. The second kappa shape index (κ2) is 8.36. The molecule has 1 unspecified atom stereocenters. The topological polar surface area (TPSA) is 74.5 Å². The number of amides is 1. The van der Waals surface area contributed by atoms with Crippen LogP contribution in [-0.2, 0) is 10.2 Å². The maximum atomic E-state index is 12.9. The van der Waals surface area contributed by atoms with Crippen LogP contribution in [0, 0.1) is 5.82 Å². The third-order valence-corrected chi connectivity index (χ3v) is 4.92. The molecule has 0 bridgehead atoms. The number of aromatic nitrogens is 2. The second-order valence-electron chi connectivity index (χ2n) is 8.25. The SMILES string of the molecule is CC(c1nc(C(C)(C)C)no1)N1CCN(CC(=O)Nc2ccc(F)cc2)CC1. The van der Waals surface area contributed by atoms with Crippen LogP contribution in [0.1, 0.15) is 45.5 Å². The lowest BCUT2D eigenvalue weighted by atomic mass is 9.96. The fourth-order valence-corrected chi connectivity index (χ4v) is 3.11. The van der Waals surface area contributed by atoms with Crippen molar-refractivity contribution in [3.05, 3.63) is 41.8 Å². The van der Waals surface area contributed by atoms with E-state index in [9.17, 15) is 9.18 Å². The van der Waals surface area contributed by atoms with Crippen LogP contribution in [-0.4, -0.2) is 58.6 Å². The number of benzene rings is 1. The molecule has 3 rings (SSSR count). The highest BCUT2D eigenvalue weighted by Crippen LogP contribution is 2.24. The molecule has 7 nitrogen and oxygen atoms in total. The molecule has 0 spiro atoms. The van der Waals surface area contributed by atoms with E-state index in [1.54, 1.807) is 12.1 Å². The van der Waals surface area contributed by atoms with Gasteiger partial charge in [0.15, 0.2) is 5.82 Å². The van der Waals surface area contributed by atoms with Gasteiger partial charge in [0.2, 0.25) is 11.8 Å². The van der Waals surface area contributed by atoms with E-state index >= 15 is 0 Å². The summed E-state index contributed by atoms with van der Waals surface area (Å²) in [4.78, 5) is 21.2. The molecular weight excluding hydrogens is 361 g/mol. The van der Waals surface area contributed by atoms with E-state index in [0.717, 1.165) is 26.2 Å². The maximum absolute atomic E-state index is 12.9. The lowest BCUT2D eigenvalue weighted by Crippen LogP contribution is -2.49. The fourth-order valence-electron chi connectivity index (χ4n) is 3.11. The summed E-state index contributed by atoms with van der Waals surface area (Å²) < 4.78 is 18.4. The smallest absolute Gasteiger partial charge is 0.243 e. The molecule has 1 atom stereocenters. The first-order valence-corrected chi connectivity index (χ1v) is 9.58. The van der Waals surface area contributed by atoms with Gasteiger partial charge in [0.1, 0.15) is 5.82 Å². The van der Waals surface area contributed by atoms with Crippen molar-refractivity contribution in [3.8, 4) is 0 Å². The predicted octanol–water partition coefficient (Wildman–Crippen LogP) is 2.82. The number of nitrogens with one attached hydrogen (secondary N) is 1. The van der Waals surface area contributed by atoms with Gasteiger partial charge < -0.3 is 9.84 Å². The Labute approximate surface area is 164 Å². The average molecular weight is 389 g/mol. The molecule has 1 aromatic carbocycles. The first-order chi connectivity index (χ1) is 13.2. The van der Waals surface area contributed by atoms with Crippen LogP contribution in [0.15, 0.2) is 28.8 Å². The van der Waals surface area contributed by atoms with Crippen LogP contribution in [0.3, 0.4) is 0 Å². The van der Waals surface area contributed by atoms with Gasteiger partial charge in [0, 0.05) is 37.3 Å². The Morgan fingerprint density at radius 2 is 1.86 bits per heavy atom. The largest absolute Gasteiger partial charge is 0.338 e. The number of piperazine rings is 1. The molecule has 1 amide bonds. The van der Waals surface area contributed by atoms with E-state index in [1.807, 2.05) is 0 Å². The van der Waals surface area contributed by atoms with Crippen LogP contribution in [0.25, 0.3) is 0 Å². The zero-order valence-electron chi connectivity index (χ0n) is 16.9. The third-order valence-electron chi connectivity index (χ3n) is 4.92. The van der Waals surface area contributed by atoms with Gasteiger partial charge >= 0.3 is 0 Å². The number of anilines is 1. The Balaban J connectivity index is 1.48. The zero-order valence-corrected chi connectivity index (χ0v) is 16.9. The number of hydrogen-bond donors (Lipinski definition) is 1. The molecule has 2 aromatic rings. The third kappa shape index (κ3) is 5.14. The van der Waals surface area contributed by atoms with Crippen molar-refractivity contribution >= 4 is 11.6 Å². The van der Waals surface area contributed by atoms with Crippen molar-refractivity contribution in [3.63, 3.8) is 0 Å². The van der Waals surface area contributed by atoms with Crippen molar-refractivity contribution in [1.29, 1.82) is 0 Å². The molecule has 1 fully saturated rings. The van der Waals surface area contributed by atoms with E-state index in [-0.39, 0.29) is 23.2 Å². The van der Waals surface area contributed by atoms with Gasteiger partial charge in [-0.2, -0.15) is 4.98 Å². The Kier molecular flexibility index (Phi) is 6.10. The summed E-state index contributed by atoms with van der Waals surface area (Å²) in [5.41, 5.74) is 0.461. The van der Waals surface area contributed by atoms with Crippen molar-refractivity contribution in [2.75, 3.05) is 38.0 Å². The molecule has 0 radical (unpaired) electrons. The van der Waals surface area contributed by atoms with Gasteiger partial charge in [0.25, 0.3) is 0 Å². The van der Waals surface area contributed by atoms with Crippen LogP contribution in [0.5, 0.6) is 0 Å². The number of carbonyl (C=O) groups is 1. The molecule has 1 aliphatic rings. The fraction of sp³-hybridized carbons (Fsp3) is 0.550. The van der Waals surface area contributed by atoms with Gasteiger partial charge in [-0.25, -0.2) is 4.39 Å². The monoisotopic (exact) mass is 389 g/mol. The number of nitrogens with zero attached hydrogens (tertiary/aromatic N) is 4. The van der Waals surface area contributed by atoms with Crippen molar-refractivity contribution in [1.82, 2.24) is 19.9 Å². The first kappa shape index (κ1) is 20.4. The second-order valence-corrected chi connectivity index (χ2v) is 8.25. The highest BCUT2D eigenvalue weighted by molar-refractivity contribution is 5.92. The first-order valence-electron chi connectivity index (χ1n) is 9.58. The predicted molar refractivity (Wildman–Crippen MR) is 104 cm³/mol. The molecule has 1 aliphatic heterocycles. The highest BCUT2D eigenvalue weighted by atomic mass is 19.1. The molecule has 0 aliphatic carbocycles. The molecular formula is C20H28FN5O2. The molecule has 1 N–H and O–H groups in total. The number of rotatable bonds is 5. The minimum atomic E-state index is -0.320. The summed E-state index contributed by atoms with van der Waals surface area (Å²) in [6.07, 6.45) is 0. The molecule has 1 saturated heterocycles. The van der Waals surface area contributed by atoms with Gasteiger partial charge in [-0.1, -0.05) is 25.9 Å². The molecule has 8 heteroatoms. The van der Waals surface area contributed by atoms with E-state index in [1.165, 1.54) is 12.1 Å². The van der Waals surface area contributed by atoms with Crippen molar-refractivity contribution < 1.29 is 13.7 Å². The van der Waals surface area contributed by atoms with Crippen molar-refractivity contribution in [2.45, 2.75) is 39.2 Å². The molecule has 0 saturated carbocycles. The van der Waals surface area contributed by atoms with Gasteiger partial charge in [0.05, 0.1) is 12.6 Å². The molecule has 2 heterocycles. The van der Waals surface area contributed by atoms with Crippen LogP contribution in [0.4, 0.5) is 10.1 Å². The number of carbonyl (C=O) groups excluding carboxylic acids is 1. The maximum Gasteiger partial charge on any atom is 0.243 e. The molecule has 28 heavy (non-hydrogen) atoms. The standard InChI is InChI=1S/C20H28FN5O2/c1-14(18-23-19(24-28-18)20(2,3)4)26-11-9-25(10-12-26)13-17(27)22-16-7-5-15(21)6-8-16/h5-8,14H,9-13H2,1-4H3,(H,22,27). The summed E-state index contributed by atoms with van der Waals surface area (Å²) in [6, 6.07) is 5.82. The Bertz CT molecular complexity index is 792. The Morgan fingerprint density at radius 1 is 1.21 bits per heavy atom. The molecule has 152 valence electrons. The zero-order chi connectivity index (χ0) is 20.3. The molecule has 1 aromatic heterocycles. The summed E-state index contributed by atoms with van der Waals surface area (Å²) in [7, 11) is 0. The minimum Gasteiger partial charge on any atom is -0.338 e. The van der Waals surface area contributed by atoms with E-state index < -0.39 is 0 Å². The van der Waals surface area contributed by atoms with E-state index in [4.69, 9.17) is 4.52 Å². The summed E-state index contributed by atoms with van der Waals surface area (Å²) in [6.45, 7) is 11.7. The van der Waals surface area contributed by atoms with Crippen LogP contribution < -0.4 is 5.32 Å². The van der Waals surface area contributed by atoms with E-state index in [2.05, 4.69) is 53.0 Å². The van der Waals surface area contributed by atoms with Gasteiger partial charge in [-0.15, -0.1) is 0 Å². The normalized spacial score (nSPS) is 17.5. The number of halogens is 1. The Hall–Kier alpha value is -2.32. The number of hydrogen-bond acceptors (Lipinski definition) is 6. The average Bonchev–Trinajstić information content (AvgIpc) is 3.14. The Morgan fingerprint density at radius 3 is 2.43 bits per heavy atom. The minimum absolute atomic E-state index is 0.0405. The van der Waals surface area contributed by atoms with E-state index in [0.29, 0.717) is 23.9 Å². The highest BCUT2D eigenvalue weighted by Gasteiger charge is 2.28. The van der Waals surface area contributed by atoms with Gasteiger partial charge in [-0.3, -0.25) is 14.6 Å². The summed E-state index contributed by atoms with van der Waals surface area (Å²) >= 11 is 0. The van der Waals surface area contributed by atoms with Crippen LogP contribution in [0.2, 0.25) is 0 Å². The quantitative estimate of drug-likeness (QED) is 0.848. The summed E-state index contributed by atoms with van der Waals surface area (Å²) in [5.74, 6) is 0.928. The summed E-state index contributed by atoms with van der Waals surface area (Å²) in [5, 5.41) is 6.90.